The molecule has 5 heteroatoms. The summed E-state index contributed by atoms with van der Waals surface area (Å²) in [6.07, 6.45) is 7.04. The molecule has 1 saturated carbocycles. The molecule has 2 aromatic carbocycles. The molecule has 1 aliphatic heterocycles. The zero-order valence-electron chi connectivity index (χ0n) is 17.5. The average Bonchev–Trinajstić information content (AvgIpc) is 3.57. The van der Waals surface area contributed by atoms with Crippen LogP contribution in [-0.4, -0.2) is 12.6 Å². The molecular weight excluding hydrogens is 386 g/mol. The molecule has 2 aromatic rings. The highest BCUT2D eigenvalue weighted by molar-refractivity contribution is 5.93. The van der Waals surface area contributed by atoms with Gasteiger partial charge in [-0.15, -0.1) is 0 Å². The van der Waals surface area contributed by atoms with E-state index < -0.39 is 23.7 Å². The molecule has 1 heterocycles. The van der Waals surface area contributed by atoms with Crippen LogP contribution < -0.4 is 4.74 Å². The Morgan fingerprint density at radius 3 is 2.37 bits per heavy atom. The number of esters is 1. The lowest BCUT2D eigenvalue weighted by Gasteiger charge is -2.28. The fourth-order valence-corrected chi connectivity index (χ4v) is 4.65. The molecule has 1 atom stereocenters. The van der Waals surface area contributed by atoms with Crippen molar-refractivity contribution >= 4 is 5.97 Å². The van der Waals surface area contributed by atoms with Crippen molar-refractivity contribution in [3.63, 3.8) is 0 Å². The number of carbonyl (C=O) groups is 1. The topological polar surface area (TPSA) is 38.8 Å². The molecule has 2 fully saturated rings. The van der Waals surface area contributed by atoms with Crippen LogP contribution in [0.4, 0.5) is 8.78 Å². The maximum atomic E-state index is 14.5. The van der Waals surface area contributed by atoms with Gasteiger partial charge in [0.05, 0.1) is 6.61 Å². The molecule has 3 nitrogen and oxygen atoms in total. The summed E-state index contributed by atoms with van der Waals surface area (Å²) in [5.74, 6) is -1.39. The Bertz CT molecular complexity index is 911. The molecule has 2 aliphatic rings. The lowest BCUT2D eigenvalue weighted by atomic mass is 9.77. The Hall–Kier alpha value is -2.27. The minimum absolute atomic E-state index is 0.152. The molecule has 0 aromatic heterocycles. The number of carbonyl (C=O) groups excluding carboxylic acids is 1. The minimum Gasteiger partial charge on any atom is -0.423 e. The first-order valence-electron chi connectivity index (χ1n) is 10.9. The summed E-state index contributed by atoms with van der Waals surface area (Å²) in [6, 6.07) is 8.89. The summed E-state index contributed by atoms with van der Waals surface area (Å²) in [7, 11) is 0. The average molecular weight is 414 g/mol. The number of ether oxygens (including phenoxy) is 2. The van der Waals surface area contributed by atoms with Gasteiger partial charge in [-0.3, -0.25) is 0 Å². The van der Waals surface area contributed by atoms with E-state index in [0.717, 1.165) is 5.92 Å². The Labute approximate surface area is 176 Å². The molecule has 4 rings (SSSR count). The summed E-state index contributed by atoms with van der Waals surface area (Å²) in [5.41, 5.74) is 1.37. The summed E-state index contributed by atoms with van der Waals surface area (Å²) in [4.78, 5) is 12.5. The normalized spacial score (nSPS) is 23.3. The molecule has 1 aliphatic carbocycles. The van der Waals surface area contributed by atoms with Gasteiger partial charge in [0.15, 0.2) is 11.6 Å². The van der Waals surface area contributed by atoms with Crippen LogP contribution in [0.5, 0.6) is 5.75 Å². The molecule has 0 bridgehead atoms. The minimum atomic E-state index is -1.18. The largest absolute Gasteiger partial charge is 0.423 e. The van der Waals surface area contributed by atoms with Gasteiger partial charge in [0.1, 0.15) is 17.4 Å². The second-order valence-corrected chi connectivity index (χ2v) is 8.57. The number of benzene rings is 2. The van der Waals surface area contributed by atoms with Crippen LogP contribution in [0.3, 0.4) is 0 Å². The zero-order chi connectivity index (χ0) is 21.3. The Balaban J connectivity index is 1.43. The van der Waals surface area contributed by atoms with Crippen molar-refractivity contribution in [1.29, 1.82) is 0 Å². The first-order chi connectivity index (χ1) is 14.5. The second-order valence-electron chi connectivity index (χ2n) is 8.57. The fourth-order valence-electron chi connectivity index (χ4n) is 4.65. The summed E-state index contributed by atoms with van der Waals surface area (Å²) in [5, 5.41) is 0. The van der Waals surface area contributed by atoms with Crippen molar-refractivity contribution in [2.24, 2.45) is 5.92 Å². The molecule has 160 valence electrons. The Morgan fingerprint density at radius 2 is 1.77 bits per heavy atom. The van der Waals surface area contributed by atoms with Gasteiger partial charge < -0.3 is 9.47 Å². The molecule has 0 radical (unpaired) electrons. The van der Waals surface area contributed by atoms with Gasteiger partial charge in [-0.25, -0.2) is 13.6 Å². The molecule has 0 spiro atoms. The first kappa shape index (κ1) is 21.0. The van der Waals surface area contributed by atoms with E-state index in [-0.39, 0.29) is 11.1 Å². The van der Waals surface area contributed by atoms with Crippen molar-refractivity contribution in [3.05, 3.63) is 64.2 Å². The van der Waals surface area contributed by atoms with E-state index in [0.29, 0.717) is 23.8 Å². The van der Waals surface area contributed by atoms with Gasteiger partial charge in [-0.05, 0) is 73.8 Å². The van der Waals surface area contributed by atoms with Gasteiger partial charge in [0, 0.05) is 5.56 Å². The number of rotatable bonds is 6. The monoisotopic (exact) mass is 414 g/mol. The van der Waals surface area contributed by atoms with Crippen LogP contribution in [0.25, 0.3) is 0 Å². The standard InChI is InChI=1S/C25H28F2O3/c1-3-4-16-5-7-17(8-6-16)18-9-11-19(12-10-18)30-25(28)22-15(2)13-20(21-14-29-21)23(26)24(22)27/h9-13,16-17,21H,3-8,14H2,1-2H3. The fraction of sp³-hybridized carbons (Fsp3) is 0.480. The van der Waals surface area contributed by atoms with Crippen LogP contribution in [0.1, 0.15) is 84.5 Å². The maximum Gasteiger partial charge on any atom is 0.346 e. The van der Waals surface area contributed by atoms with E-state index in [9.17, 15) is 13.6 Å². The van der Waals surface area contributed by atoms with E-state index in [4.69, 9.17) is 9.47 Å². The SMILES string of the molecule is CCCC1CCC(c2ccc(OC(=O)c3c(C)cc(C4CO4)c(F)c3F)cc2)CC1. The zero-order valence-corrected chi connectivity index (χ0v) is 17.5. The highest BCUT2D eigenvalue weighted by atomic mass is 19.2. The maximum absolute atomic E-state index is 14.5. The summed E-state index contributed by atoms with van der Waals surface area (Å²) >= 11 is 0. The quantitative estimate of drug-likeness (QED) is 0.302. The van der Waals surface area contributed by atoms with E-state index in [2.05, 4.69) is 6.92 Å². The first-order valence-corrected chi connectivity index (χ1v) is 10.9. The van der Waals surface area contributed by atoms with Crippen molar-refractivity contribution in [2.45, 2.75) is 64.4 Å². The Kier molecular flexibility index (Phi) is 6.19. The predicted octanol–water partition coefficient (Wildman–Crippen LogP) is 6.64. The van der Waals surface area contributed by atoms with E-state index in [1.807, 2.05) is 12.1 Å². The van der Waals surface area contributed by atoms with Gasteiger partial charge in [-0.1, -0.05) is 31.9 Å². The summed E-state index contributed by atoms with van der Waals surface area (Å²) < 4.78 is 39.2. The van der Waals surface area contributed by atoms with Gasteiger partial charge in [0.25, 0.3) is 0 Å². The van der Waals surface area contributed by atoms with E-state index >= 15 is 0 Å². The number of epoxide rings is 1. The van der Waals surface area contributed by atoms with Crippen LogP contribution in [-0.2, 0) is 4.74 Å². The van der Waals surface area contributed by atoms with Crippen LogP contribution in [0.2, 0.25) is 0 Å². The molecule has 30 heavy (non-hydrogen) atoms. The van der Waals surface area contributed by atoms with Gasteiger partial charge >= 0.3 is 5.97 Å². The number of aryl methyl sites for hydroxylation is 1. The highest BCUT2D eigenvalue weighted by Crippen LogP contribution is 2.38. The summed E-state index contributed by atoms with van der Waals surface area (Å²) in [6.45, 7) is 4.18. The van der Waals surface area contributed by atoms with E-state index in [1.54, 1.807) is 19.1 Å². The lowest BCUT2D eigenvalue weighted by Crippen LogP contribution is -2.15. The molecule has 1 saturated heterocycles. The van der Waals surface area contributed by atoms with Crippen molar-refractivity contribution < 1.29 is 23.0 Å². The second kappa shape index (κ2) is 8.84. The third-order valence-electron chi connectivity index (χ3n) is 6.42. The van der Waals surface area contributed by atoms with Crippen molar-refractivity contribution in [2.75, 3.05) is 6.61 Å². The molecular formula is C25H28F2O3. The number of hydrogen-bond acceptors (Lipinski definition) is 3. The van der Waals surface area contributed by atoms with Crippen LogP contribution >= 0.6 is 0 Å². The van der Waals surface area contributed by atoms with E-state index in [1.165, 1.54) is 50.2 Å². The lowest BCUT2D eigenvalue weighted by molar-refractivity contribution is 0.0727. The number of halogens is 2. The van der Waals surface area contributed by atoms with Gasteiger partial charge in [-0.2, -0.15) is 0 Å². The van der Waals surface area contributed by atoms with Crippen LogP contribution in [0, 0.1) is 24.5 Å². The van der Waals surface area contributed by atoms with Crippen molar-refractivity contribution in [3.8, 4) is 5.75 Å². The smallest absolute Gasteiger partial charge is 0.346 e. The van der Waals surface area contributed by atoms with Gasteiger partial charge in [0.2, 0.25) is 0 Å². The molecule has 1 unspecified atom stereocenters. The van der Waals surface area contributed by atoms with Crippen molar-refractivity contribution in [1.82, 2.24) is 0 Å². The predicted molar refractivity (Wildman–Crippen MR) is 111 cm³/mol. The third kappa shape index (κ3) is 4.41. The Morgan fingerprint density at radius 1 is 1.10 bits per heavy atom. The highest BCUT2D eigenvalue weighted by Gasteiger charge is 2.33. The molecule has 0 N–H and O–H groups in total. The number of hydrogen-bond donors (Lipinski definition) is 0. The molecule has 0 amide bonds. The van der Waals surface area contributed by atoms with Crippen LogP contribution in [0.15, 0.2) is 30.3 Å². The third-order valence-corrected chi connectivity index (χ3v) is 6.42.